The molecule has 0 spiro atoms. The third kappa shape index (κ3) is 16.0. The molecule has 0 aliphatic heterocycles. The summed E-state index contributed by atoms with van der Waals surface area (Å²) in [6.07, 6.45) is 10.3. The Morgan fingerprint density at radius 3 is 1.79 bits per heavy atom. The summed E-state index contributed by atoms with van der Waals surface area (Å²) >= 11 is 0. The van der Waals surface area contributed by atoms with E-state index in [1.54, 1.807) is 0 Å². The second kappa shape index (κ2) is 17.0. The minimum atomic E-state index is -1.19. The van der Waals surface area contributed by atoms with Crippen molar-refractivity contribution < 1.29 is 47.0 Å². The van der Waals surface area contributed by atoms with E-state index in [-0.39, 0.29) is 41.1 Å². The van der Waals surface area contributed by atoms with Gasteiger partial charge in [-0.15, -0.1) is 0 Å². The number of carboxylic acid groups (broad SMARTS) is 2. The molecular weight excluding hydrogens is 495 g/mol. The summed E-state index contributed by atoms with van der Waals surface area (Å²) in [6.45, 7) is 2.20. The van der Waals surface area contributed by atoms with Crippen molar-refractivity contribution in [3.63, 3.8) is 0 Å². The van der Waals surface area contributed by atoms with E-state index in [4.69, 9.17) is 10.2 Å². The molecule has 0 saturated carbocycles. The molecule has 1 atom stereocenters. The van der Waals surface area contributed by atoms with Crippen LogP contribution in [-0.4, -0.2) is 34.1 Å². The quantitative estimate of drug-likeness (QED) is 0.224. The van der Waals surface area contributed by atoms with Crippen LogP contribution in [0.5, 0.6) is 0 Å². The Hall–Kier alpha value is -0.850. The molecule has 0 fully saturated rings. The Bertz CT molecular complexity index is 363. The zero-order valence-electron chi connectivity index (χ0n) is 14.5. The van der Waals surface area contributed by atoms with Crippen molar-refractivity contribution in [3.8, 4) is 0 Å². The van der Waals surface area contributed by atoms with Crippen LogP contribution in [-0.2, 0) is 36.8 Å². The van der Waals surface area contributed by atoms with Gasteiger partial charge in [-0.05, 0) is 12.8 Å². The molecule has 0 unspecified atom stereocenters. The van der Waals surface area contributed by atoms with Crippen LogP contribution in [0.1, 0.15) is 84.0 Å². The summed E-state index contributed by atoms with van der Waals surface area (Å²) in [5.41, 5.74) is 0. The molecule has 24 heavy (non-hydrogen) atoms. The average Bonchev–Trinajstić information content (AvgIpc) is 2.49. The Kier molecular flexibility index (Phi) is 18.0. The maximum absolute atomic E-state index is 11.7. The first kappa shape index (κ1) is 25.4. The number of carboxylic acids is 2. The fraction of sp³-hybridized carbons (Fsp3) is 0.824. The Balaban J connectivity index is 0. The van der Waals surface area contributed by atoms with Crippen LogP contribution >= 0.6 is 0 Å². The SMILES string of the molecule is CCCCCCCCCCCC(=O)N[C@@H](CCC(=O)O)C(=O)O.[Au]. The van der Waals surface area contributed by atoms with Crippen molar-refractivity contribution in [2.45, 2.75) is 90.0 Å². The molecular formula is C17H31AuNO5. The van der Waals surface area contributed by atoms with Gasteiger partial charge < -0.3 is 15.5 Å². The van der Waals surface area contributed by atoms with E-state index >= 15 is 0 Å². The number of nitrogens with one attached hydrogen (secondary N) is 1. The molecule has 0 aromatic heterocycles. The maximum Gasteiger partial charge on any atom is 0.326 e. The molecule has 0 heterocycles. The zero-order chi connectivity index (χ0) is 17.5. The second-order valence-electron chi connectivity index (χ2n) is 5.97. The van der Waals surface area contributed by atoms with Gasteiger partial charge in [-0.1, -0.05) is 58.3 Å². The van der Waals surface area contributed by atoms with Gasteiger partial charge in [-0.25, -0.2) is 4.79 Å². The van der Waals surface area contributed by atoms with Crippen LogP contribution < -0.4 is 5.32 Å². The van der Waals surface area contributed by atoms with Crippen LogP contribution in [0.15, 0.2) is 0 Å². The molecule has 6 nitrogen and oxygen atoms in total. The summed E-state index contributed by atoms with van der Waals surface area (Å²) in [4.78, 5) is 33.1. The van der Waals surface area contributed by atoms with Crippen molar-refractivity contribution in [2.75, 3.05) is 0 Å². The molecule has 3 N–H and O–H groups in total. The molecule has 1 radical (unpaired) electrons. The smallest absolute Gasteiger partial charge is 0.326 e. The topological polar surface area (TPSA) is 104 Å². The molecule has 145 valence electrons. The standard InChI is InChI=1S/C17H31NO5.Au/c1-2-3-4-5-6-7-8-9-10-11-15(19)18-14(17(22)23)12-13-16(20)21;/h14H,2-13H2,1H3,(H,18,19)(H,20,21)(H,22,23);/t14-;/m0./s1. The number of aliphatic carboxylic acids is 2. The van der Waals surface area contributed by atoms with Gasteiger partial charge in [-0.2, -0.15) is 0 Å². The number of carbonyl (C=O) groups is 3. The minimum absolute atomic E-state index is 0. The summed E-state index contributed by atoms with van der Waals surface area (Å²) in [7, 11) is 0. The van der Waals surface area contributed by atoms with E-state index in [2.05, 4.69) is 12.2 Å². The average molecular weight is 526 g/mol. The number of hydrogen-bond acceptors (Lipinski definition) is 3. The molecule has 7 heteroatoms. The first-order valence-electron chi connectivity index (χ1n) is 8.71. The Labute approximate surface area is 160 Å². The van der Waals surface area contributed by atoms with Gasteiger partial charge in [0.15, 0.2) is 0 Å². The molecule has 0 bridgehead atoms. The van der Waals surface area contributed by atoms with E-state index in [9.17, 15) is 14.4 Å². The fourth-order valence-corrected chi connectivity index (χ4v) is 2.39. The summed E-state index contributed by atoms with van der Waals surface area (Å²) < 4.78 is 0. The monoisotopic (exact) mass is 526 g/mol. The zero-order valence-corrected chi connectivity index (χ0v) is 16.6. The second-order valence-corrected chi connectivity index (χ2v) is 5.97. The van der Waals surface area contributed by atoms with Gasteiger partial charge in [0, 0.05) is 35.2 Å². The number of amides is 1. The van der Waals surface area contributed by atoms with Gasteiger partial charge in [-0.3, -0.25) is 9.59 Å². The van der Waals surface area contributed by atoms with Crippen molar-refractivity contribution in [1.29, 1.82) is 0 Å². The number of hydrogen-bond donors (Lipinski definition) is 3. The largest absolute Gasteiger partial charge is 0.481 e. The number of unbranched alkanes of at least 4 members (excludes halogenated alkanes) is 8. The van der Waals surface area contributed by atoms with E-state index in [1.807, 2.05) is 0 Å². The fourth-order valence-electron chi connectivity index (χ4n) is 2.39. The van der Waals surface area contributed by atoms with Gasteiger partial charge in [0.1, 0.15) is 6.04 Å². The van der Waals surface area contributed by atoms with Crippen LogP contribution in [0.3, 0.4) is 0 Å². The van der Waals surface area contributed by atoms with Crippen molar-refractivity contribution >= 4 is 17.8 Å². The molecule has 0 aliphatic carbocycles. The molecule has 0 aromatic carbocycles. The van der Waals surface area contributed by atoms with E-state index in [0.29, 0.717) is 6.42 Å². The molecule has 0 aromatic rings. The van der Waals surface area contributed by atoms with E-state index in [0.717, 1.165) is 19.3 Å². The van der Waals surface area contributed by atoms with Crippen LogP contribution in [0, 0.1) is 0 Å². The van der Waals surface area contributed by atoms with Crippen LogP contribution in [0.25, 0.3) is 0 Å². The molecule has 0 saturated heterocycles. The van der Waals surface area contributed by atoms with Crippen molar-refractivity contribution in [1.82, 2.24) is 5.32 Å². The predicted octanol–water partition coefficient (Wildman–Crippen LogP) is 3.34. The Morgan fingerprint density at radius 2 is 1.33 bits per heavy atom. The third-order valence-corrected chi connectivity index (χ3v) is 3.79. The molecule has 0 aliphatic rings. The van der Waals surface area contributed by atoms with Gasteiger partial charge in [0.25, 0.3) is 0 Å². The van der Waals surface area contributed by atoms with E-state index < -0.39 is 18.0 Å². The van der Waals surface area contributed by atoms with E-state index in [1.165, 1.54) is 38.5 Å². The first-order valence-corrected chi connectivity index (χ1v) is 8.71. The Morgan fingerprint density at radius 1 is 0.833 bits per heavy atom. The van der Waals surface area contributed by atoms with Gasteiger partial charge in [0.2, 0.25) is 5.91 Å². The van der Waals surface area contributed by atoms with Gasteiger partial charge >= 0.3 is 11.9 Å². The third-order valence-electron chi connectivity index (χ3n) is 3.79. The van der Waals surface area contributed by atoms with Crippen LogP contribution in [0.4, 0.5) is 0 Å². The maximum atomic E-state index is 11.7. The predicted molar refractivity (Wildman–Crippen MR) is 88.3 cm³/mol. The van der Waals surface area contributed by atoms with Crippen molar-refractivity contribution in [2.24, 2.45) is 0 Å². The molecule has 0 rings (SSSR count). The number of rotatable bonds is 15. The summed E-state index contributed by atoms with van der Waals surface area (Å²) in [5.74, 6) is -2.57. The first-order chi connectivity index (χ1) is 11.0. The van der Waals surface area contributed by atoms with Crippen LogP contribution in [0.2, 0.25) is 0 Å². The van der Waals surface area contributed by atoms with Gasteiger partial charge in [0.05, 0.1) is 0 Å². The minimum Gasteiger partial charge on any atom is -0.481 e. The summed E-state index contributed by atoms with van der Waals surface area (Å²) in [5, 5.41) is 19.9. The normalized spacial score (nSPS) is 11.4. The summed E-state index contributed by atoms with van der Waals surface area (Å²) in [6, 6.07) is -1.11. The van der Waals surface area contributed by atoms with Crippen molar-refractivity contribution in [3.05, 3.63) is 0 Å². The molecule has 1 amide bonds. The number of carbonyl (C=O) groups excluding carboxylic acids is 1.